The van der Waals surface area contributed by atoms with Gasteiger partial charge in [0.1, 0.15) is 5.84 Å². The van der Waals surface area contributed by atoms with E-state index in [4.69, 9.17) is 19.9 Å². The highest BCUT2D eigenvalue weighted by Gasteiger charge is 2.40. The lowest BCUT2D eigenvalue weighted by atomic mass is 9.83. The molecule has 1 aliphatic carbocycles. The largest absolute Gasteiger partial charge is 0.358 e. The van der Waals surface area contributed by atoms with Crippen LogP contribution in [0.4, 0.5) is 5.69 Å². The van der Waals surface area contributed by atoms with Gasteiger partial charge in [0, 0.05) is 64.9 Å². The summed E-state index contributed by atoms with van der Waals surface area (Å²) in [4.78, 5) is 23.3. The fourth-order valence-corrected chi connectivity index (χ4v) is 12.2. The van der Waals surface area contributed by atoms with Gasteiger partial charge in [0.25, 0.3) is 0 Å². The molecule has 0 amide bonds. The topological polar surface area (TPSA) is 68.0 Å². The second-order valence-electron chi connectivity index (χ2n) is 16.2. The second-order valence-corrected chi connectivity index (χ2v) is 18.5. The van der Waals surface area contributed by atoms with E-state index in [1.807, 2.05) is 41.3 Å². The zero-order chi connectivity index (χ0) is 41.4. The average molecular weight is 845 g/mol. The van der Waals surface area contributed by atoms with Gasteiger partial charge in [0.2, 0.25) is 0 Å². The second kappa shape index (κ2) is 14.6. The van der Waals surface area contributed by atoms with Crippen LogP contribution >= 0.6 is 23.1 Å². The number of aromatic nitrogens is 4. The summed E-state index contributed by atoms with van der Waals surface area (Å²) in [6.45, 7) is 0. The third kappa shape index (κ3) is 6.01. The van der Waals surface area contributed by atoms with E-state index in [1.165, 1.54) is 58.4 Å². The number of hydrogen-bond acceptors (Lipinski definition) is 7. The average Bonchev–Trinajstić information content (AvgIpc) is 4.04. The Morgan fingerprint density at radius 1 is 0.556 bits per heavy atom. The maximum Gasteiger partial charge on any atom is 0.164 e. The minimum Gasteiger partial charge on any atom is -0.358 e. The molecule has 298 valence electrons. The quantitative estimate of drug-likeness (QED) is 0.181. The maximum absolute atomic E-state index is 5.43. The Labute approximate surface area is 372 Å². The number of fused-ring (bicyclic) bond motifs is 9. The molecule has 10 aromatic rings. The van der Waals surface area contributed by atoms with Gasteiger partial charge in [-0.15, -0.1) is 23.1 Å². The smallest absolute Gasteiger partial charge is 0.164 e. The van der Waals surface area contributed by atoms with Crippen LogP contribution in [0.2, 0.25) is 0 Å². The number of thioether (sulfide) groups is 1. The highest BCUT2D eigenvalue weighted by atomic mass is 32.2. The lowest BCUT2D eigenvalue weighted by Gasteiger charge is -2.31. The number of allylic oxidation sites excluding steroid dienone is 2. The molecular weight excluding hydrogens is 809 g/mol. The lowest BCUT2D eigenvalue weighted by Crippen LogP contribution is -2.35. The number of rotatable bonds is 6. The van der Waals surface area contributed by atoms with Crippen molar-refractivity contribution >= 4 is 66.5 Å². The van der Waals surface area contributed by atoms with Crippen LogP contribution in [0.1, 0.15) is 28.0 Å². The Kier molecular flexibility index (Phi) is 8.42. The van der Waals surface area contributed by atoms with Crippen molar-refractivity contribution in [2.45, 2.75) is 22.1 Å². The van der Waals surface area contributed by atoms with Crippen LogP contribution in [0.25, 0.3) is 71.7 Å². The first-order valence-electron chi connectivity index (χ1n) is 21.2. The summed E-state index contributed by atoms with van der Waals surface area (Å²) in [5.74, 6) is 3.01. The number of nitrogens with one attached hydrogen (secondary N) is 1. The third-order valence-electron chi connectivity index (χ3n) is 12.5. The van der Waals surface area contributed by atoms with E-state index in [2.05, 4.69) is 186 Å². The number of nitrogens with zero attached hydrogens (tertiary/aromatic N) is 5. The molecule has 2 aliphatic heterocycles. The first kappa shape index (κ1) is 36.3. The summed E-state index contributed by atoms with van der Waals surface area (Å²) in [7, 11) is 0. The first-order valence-corrected chi connectivity index (χ1v) is 22.9. The zero-order valence-corrected chi connectivity index (χ0v) is 35.4. The Balaban J connectivity index is 0.875. The van der Waals surface area contributed by atoms with Crippen LogP contribution in [-0.2, 0) is 0 Å². The Hall–Kier alpha value is -7.39. The van der Waals surface area contributed by atoms with E-state index in [0.717, 1.165) is 33.9 Å². The van der Waals surface area contributed by atoms with Gasteiger partial charge >= 0.3 is 0 Å². The standard InChI is InChI=1S/C55H36N6S2/c1-3-14-33(15-4-1)49-51-50(41-20-9-12-24-45(41)63-51)57-55(56-49)42-21-13-25-46-48(42)40-31-28-36(32-47(40)62-46)54-59-52(34-16-5-2-6-17-34)58-53(60-54)35-26-29-37(30-27-35)61-43-22-10-7-18-38(43)39-19-8-11-23-44(39)61/h1-32,46,48-49H,(H,56,57). The molecule has 3 unspecified atom stereocenters. The molecule has 63 heavy (non-hydrogen) atoms. The van der Waals surface area contributed by atoms with Crippen molar-refractivity contribution in [3.8, 4) is 39.9 Å². The van der Waals surface area contributed by atoms with Gasteiger partial charge in [0.05, 0.1) is 27.6 Å². The molecule has 7 aromatic carbocycles. The molecular formula is C55H36N6S2. The normalized spacial score (nSPS) is 17.6. The maximum atomic E-state index is 5.43. The zero-order valence-electron chi connectivity index (χ0n) is 33.8. The molecule has 0 fully saturated rings. The van der Waals surface area contributed by atoms with Gasteiger partial charge in [-0.2, -0.15) is 0 Å². The van der Waals surface area contributed by atoms with Gasteiger partial charge in [-0.3, -0.25) is 0 Å². The van der Waals surface area contributed by atoms with Crippen molar-refractivity contribution in [2.24, 2.45) is 4.99 Å². The highest BCUT2D eigenvalue weighted by Crippen LogP contribution is 2.53. The number of benzene rings is 7. The summed E-state index contributed by atoms with van der Waals surface area (Å²) in [6.07, 6.45) is 6.80. The molecule has 0 radical (unpaired) electrons. The number of thiophene rings is 1. The van der Waals surface area contributed by atoms with E-state index in [0.29, 0.717) is 17.5 Å². The minimum absolute atomic E-state index is 0.00830. The van der Waals surface area contributed by atoms with E-state index >= 15 is 0 Å². The van der Waals surface area contributed by atoms with Crippen LogP contribution in [0.15, 0.2) is 210 Å². The predicted octanol–water partition coefficient (Wildman–Crippen LogP) is 13.7. The SMILES string of the molecule is C1=CC2Sc3cc(-c4nc(-c5ccccc5)nc(-c5ccc(-n6c7ccccc7c7ccccc76)cc5)n4)ccc3C2C(C2=Nc3c(sc4ccccc34)C(c3ccccc3)N2)=C1. The Morgan fingerprint density at radius 3 is 1.89 bits per heavy atom. The summed E-state index contributed by atoms with van der Waals surface area (Å²) in [5.41, 5.74) is 11.1. The van der Waals surface area contributed by atoms with Crippen LogP contribution < -0.4 is 5.32 Å². The van der Waals surface area contributed by atoms with Crippen LogP contribution in [0.5, 0.6) is 0 Å². The van der Waals surface area contributed by atoms with Crippen LogP contribution in [0, 0.1) is 0 Å². The van der Waals surface area contributed by atoms with Gasteiger partial charge in [0.15, 0.2) is 17.5 Å². The lowest BCUT2D eigenvalue weighted by molar-refractivity contribution is 0.748. The minimum atomic E-state index is 0.00830. The number of hydrogen-bond donors (Lipinski definition) is 1. The first-order chi connectivity index (χ1) is 31.2. The molecule has 3 atom stereocenters. The molecule has 3 aromatic heterocycles. The van der Waals surface area contributed by atoms with E-state index in [-0.39, 0.29) is 17.2 Å². The predicted molar refractivity (Wildman–Crippen MR) is 260 cm³/mol. The highest BCUT2D eigenvalue weighted by molar-refractivity contribution is 8.00. The molecule has 5 heterocycles. The molecule has 8 heteroatoms. The fourth-order valence-electron chi connectivity index (χ4n) is 9.56. The fraction of sp³-hybridized carbons (Fsp3) is 0.0545. The van der Waals surface area contributed by atoms with Crippen molar-refractivity contribution < 1.29 is 0 Å². The summed E-state index contributed by atoms with van der Waals surface area (Å²) in [6, 6.07) is 62.1. The molecule has 0 saturated heterocycles. The van der Waals surface area contributed by atoms with E-state index in [1.54, 1.807) is 0 Å². The Morgan fingerprint density at radius 2 is 1.16 bits per heavy atom. The molecule has 0 saturated carbocycles. The molecule has 13 rings (SSSR count). The number of amidine groups is 1. The van der Waals surface area contributed by atoms with Crippen LogP contribution in [0.3, 0.4) is 0 Å². The van der Waals surface area contributed by atoms with Gasteiger partial charge in [-0.05, 0) is 59.7 Å². The number of aliphatic imine (C=N–C) groups is 1. The molecule has 3 aliphatic rings. The molecule has 1 N–H and O–H groups in total. The monoisotopic (exact) mass is 844 g/mol. The van der Waals surface area contributed by atoms with Crippen molar-refractivity contribution in [3.05, 3.63) is 216 Å². The van der Waals surface area contributed by atoms with Gasteiger partial charge in [-0.1, -0.05) is 146 Å². The van der Waals surface area contributed by atoms with Crippen molar-refractivity contribution in [1.29, 1.82) is 0 Å². The summed E-state index contributed by atoms with van der Waals surface area (Å²) >= 11 is 3.74. The third-order valence-corrected chi connectivity index (χ3v) is 15.0. The summed E-state index contributed by atoms with van der Waals surface area (Å²) in [5, 5.41) is 7.85. The molecule has 6 nitrogen and oxygen atoms in total. The summed E-state index contributed by atoms with van der Waals surface area (Å²) < 4.78 is 3.59. The van der Waals surface area contributed by atoms with E-state index in [9.17, 15) is 0 Å². The molecule has 0 bridgehead atoms. The number of para-hydroxylation sites is 2. The Bertz CT molecular complexity index is 3480. The van der Waals surface area contributed by atoms with Gasteiger partial charge in [-0.25, -0.2) is 19.9 Å². The van der Waals surface area contributed by atoms with E-state index < -0.39 is 0 Å². The van der Waals surface area contributed by atoms with Crippen molar-refractivity contribution in [3.63, 3.8) is 0 Å². The molecule has 0 spiro atoms. The van der Waals surface area contributed by atoms with Crippen molar-refractivity contribution in [1.82, 2.24) is 24.8 Å². The van der Waals surface area contributed by atoms with Crippen LogP contribution in [-0.4, -0.2) is 30.6 Å². The van der Waals surface area contributed by atoms with Gasteiger partial charge < -0.3 is 9.88 Å². The van der Waals surface area contributed by atoms with Crippen molar-refractivity contribution in [2.75, 3.05) is 0 Å².